The molecule has 0 aliphatic rings. The van der Waals surface area contributed by atoms with E-state index in [1.807, 2.05) is 0 Å². The van der Waals surface area contributed by atoms with Gasteiger partial charge in [0.05, 0.1) is 7.11 Å². The van der Waals surface area contributed by atoms with Crippen molar-refractivity contribution < 1.29 is 18.3 Å². The van der Waals surface area contributed by atoms with E-state index < -0.39 is 18.3 Å². The Morgan fingerprint density at radius 3 is 2.29 bits per heavy atom. The second kappa shape index (κ2) is 4.69. The van der Waals surface area contributed by atoms with Crippen LogP contribution in [-0.2, 0) is 9.53 Å². The highest BCUT2D eigenvalue weighted by molar-refractivity contribution is 5.78. The number of hydrogen-bond acceptors (Lipinski definition) is 2. The molecule has 1 aromatic rings. The lowest BCUT2D eigenvalue weighted by Crippen LogP contribution is -2.21. The van der Waals surface area contributed by atoms with Crippen molar-refractivity contribution in [1.82, 2.24) is 0 Å². The molecule has 0 spiro atoms. The number of carbonyl (C=O) groups excluding carboxylic acids is 1. The summed E-state index contributed by atoms with van der Waals surface area (Å²) in [5, 5.41) is 0. The maximum atomic E-state index is 12.5. The molecule has 1 rings (SSSR count). The van der Waals surface area contributed by atoms with Gasteiger partial charge in [0.15, 0.2) is 0 Å². The van der Waals surface area contributed by atoms with Crippen molar-refractivity contribution in [2.45, 2.75) is 12.3 Å². The van der Waals surface area contributed by atoms with E-state index in [2.05, 4.69) is 4.74 Å². The van der Waals surface area contributed by atoms with Crippen molar-refractivity contribution in [1.29, 1.82) is 0 Å². The van der Waals surface area contributed by atoms with Crippen LogP contribution in [0.4, 0.5) is 8.78 Å². The Morgan fingerprint density at radius 2 is 1.86 bits per heavy atom. The molecule has 0 aliphatic carbocycles. The lowest BCUT2D eigenvalue weighted by Gasteiger charge is -2.13. The third-order valence-electron chi connectivity index (χ3n) is 1.87. The van der Waals surface area contributed by atoms with Gasteiger partial charge in [0.25, 0.3) is 6.43 Å². The zero-order valence-electron chi connectivity index (χ0n) is 7.61. The molecule has 1 aromatic carbocycles. The first-order valence-corrected chi connectivity index (χ1v) is 4.07. The van der Waals surface area contributed by atoms with Gasteiger partial charge in [0, 0.05) is 0 Å². The van der Waals surface area contributed by atoms with Crippen molar-refractivity contribution in [2.24, 2.45) is 0 Å². The van der Waals surface area contributed by atoms with Crippen LogP contribution in [0, 0.1) is 0 Å². The molecule has 0 saturated heterocycles. The zero-order chi connectivity index (χ0) is 10.6. The third kappa shape index (κ3) is 2.28. The van der Waals surface area contributed by atoms with Gasteiger partial charge in [0.2, 0.25) is 0 Å². The molecule has 0 radical (unpaired) electrons. The van der Waals surface area contributed by atoms with Crippen LogP contribution in [0.3, 0.4) is 0 Å². The van der Waals surface area contributed by atoms with Gasteiger partial charge in [-0.05, 0) is 5.56 Å². The fourth-order valence-corrected chi connectivity index (χ4v) is 1.17. The summed E-state index contributed by atoms with van der Waals surface area (Å²) in [4.78, 5) is 11.1. The minimum absolute atomic E-state index is 0.273. The minimum Gasteiger partial charge on any atom is -0.468 e. The smallest absolute Gasteiger partial charge is 0.319 e. The van der Waals surface area contributed by atoms with Crippen molar-refractivity contribution in [3.05, 3.63) is 35.9 Å². The van der Waals surface area contributed by atoms with Gasteiger partial charge < -0.3 is 4.74 Å². The Labute approximate surface area is 80.5 Å². The fraction of sp³-hybridized carbons (Fsp3) is 0.300. The Morgan fingerprint density at radius 1 is 1.29 bits per heavy atom. The molecule has 0 heterocycles. The standard InChI is InChI=1S/C10H10F2O2/c1-14-10(13)8(9(11)12)7-5-3-2-4-6-7/h2-6,8-9H,1H3/t8-/m1/s1. The normalized spacial score (nSPS) is 12.6. The predicted molar refractivity (Wildman–Crippen MR) is 47.2 cm³/mol. The molecular weight excluding hydrogens is 190 g/mol. The Bertz CT molecular complexity index is 298. The number of alkyl halides is 2. The molecule has 0 aliphatic heterocycles. The van der Waals surface area contributed by atoms with Crippen LogP contribution in [0.5, 0.6) is 0 Å². The van der Waals surface area contributed by atoms with Crippen LogP contribution in [0.25, 0.3) is 0 Å². The van der Waals surface area contributed by atoms with Crippen molar-refractivity contribution in [2.75, 3.05) is 7.11 Å². The average molecular weight is 200 g/mol. The van der Waals surface area contributed by atoms with Crippen molar-refractivity contribution in [3.8, 4) is 0 Å². The van der Waals surface area contributed by atoms with Gasteiger partial charge in [-0.15, -0.1) is 0 Å². The number of hydrogen-bond donors (Lipinski definition) is 0. The monoisotopic (exact) mass is 200 g/mol. The first-order chi connectivity index (χ1) is 6.66. The summed E-state index contributed by atoms with van der Waals surface area (Å²) in [6.07, 6.45) is -2.75. The number of ether oxygens (including phenoxy) is 1. The average Bonchev–Trinajstić information content (AvgIpc) is 2.19. The highest BCUT2D eigenvalue weighted by atomic mass is 19.3. The Balaban J connectivity index is 2.95. The number of halogens is 2. The van der Waals surface area contributed by atoms with Crippen LogP contribution in [0.1, 0.15) is 11.5 Å². The molecule has 76 valence electrons. The molecule has 1 atom stereocenters. The van der Waals surface area contributed by atoms with E-state index in [-0.39, 0.29) is 5.56 Å². The van der Waals surface area contributed by atoms with E-state index in [1.165, 1.54) is 12.1 Å². The Kier molecular flexibility index (Phi) is 3.56. The lowest BCUT2D eigenvalue weighted by molar-refractivity contribution is -0.146. The summed E-state index contributed by atoms with van der Waals surface area (Å²) in [6, 6.07) is 7.87. The van der Waals surface area contributed by atoms with Crippen LogP contribution in [0.2, 0.25) is 0 Å². The maximum absolute atomic E-state index is 12.5. The van der Waals surface area contributed by atoms with E-state index in [1.54, 1.807) is 18.2 Å². The van der Waals surface area contributed by atoms with Gasteiger partial charge in [-0.2, -0.15) is 0 Å². The van der Waals surface area contributed by atoms with Gasteiger partial charge in [-0.25, -0.2) is 8.78 Å². The topological polar surface area (TPSA) is 26.3 Å². The third-order valence-corrected chi connectivity index (χ3v) is 1.87. The molecule has 0 aromatic heterocycles. The van der Waals surface area contributed by atoms with Gasteiger partial charge >= 0.3 is 5.97 Å². The largest absolute Gasteiger partial charge is 0.468 e. The van der Waals surface area contributed by atoms with E-state index in [9.17, 15) is 13.6 Å². The van der Waals surface area contributed by atoms with Gasteiger partial charge in [-0.1, -0.05) is 30.3 Å². The summed E-state index contributed by atoms with van der Waals surface area (Å²) in [5.74, 6) is -2.40. The molecule has 0 amide bonds. The maximum Gasteiger partial charge on any atom is 0.319 e. The van der Waals surface area contributed by atoms with Crippen LogP contribution in [-0.4, -0.2) is 19.5 Å². The molecular formula is C10H10F2O2. The van der Waals surface area contributed by atoms with Gasteiger partial charge in [-0.3, -0.25) is 4.79 Å². The molecule has 4 heteroatoms. The second-order valence-corrected chi connectivity index (χ2v) is 2.75. The first-order valence-electron chi connectivity index (χ1n) is 4.07. The Hall–Kier alpha value is -1.45. The fourth-order valence-electron chi connectivity index (χ4n) is 1.17. The highest BCUT2D eigenvalue weighted by Gasteiger charge is 2.30. The first kappa shape index (κ1) is 10.6. The van der Waals surface area contributed by atoms with Crippen LogP contribution < -0.4 is 0 Å². The molecule has 0 saturated carbocycles. The van der Waals surface area contributed by atoms with E-state index >= 15 is 0 Å². The SMILES string of the molecule is COC(=O)[C@H](c1ccccc1)C(F)F. The number of carbonyl (C=O) groups is 1. The summed E-state index contributed by atoms with van der Waals surface area (Å²) < 4.78 is 29.4. The molecule has 0 unspecified atom stereocenters. The van der Waals surface area contributed by atoms with E-state index in [0.29, 0.717) is 0 Å². The summed E-state index contributed by atoms with van der Waals surface area (Å²) in [6.45, 7) is 0. The molecule has 0 fully saturated rings. The van der Waals surface area contributed by atoms with E-state index in [4.69, 9.17) is 0 Å². The number of esters is 1. The summed E-state index contributed by atoms with van der Waals surface area (Å²) in [7, 11) is 1.10. The predicted octanol–water partition coefficient (Wildman–Crippen LogP) is 2.21. The summed E-state index contributed by atoms with van der Waals surface area (Å²) >= 11 is 0. The minimum atomic E-state index is -2.75. The lowest BCUT2D eigenvalue weighted by atomic mass is 10.00. The second-order valence-electron chi connectivity index (χ2n) is 2.75. The quantitative estimate of drug-likeness (QED) is 0.699. The van der Waals surface area contributed by atoms with Crippen LogP contribution >= 0.6 is 0 Å². The molecule has 0 bridgehead atoms. The van der Waals surface area contributed by atoms with Crippen molar-refractivity contribution in [3.63, 3.8) is 0 Å². The van der Waals surface area contributed by atoms with Crippen LogP contribution in [0.15, 0.2) is 30.3 Å². The van der Waals surface area contributed by atoms with Crippen molar-refractivity contribution >= 4 is 5.97 Å². The molecule has 14 heavy (non-hydrogen) atoms. The number of benzene rings is 1. The van der Waals surface area contributed by atoms with E-state index in [0.717, 1.165) is 7.11 Å². The van der Waals surface area contributed by atoms with Gasteiger partial charge in [0.1, 0.15) is 5.92 Å². The zero-order valence-corrected chi connectivity index (χ0v) is 7.61. The number of methoxy groups -OCH3 is 1. The molecule has 0 N–H and O–H groups in total. The number of rotatable bonds is 3. The molecule has 2 nitrogen and oxygen atoms in total. The highest BCUT2D eigenvalue weighted by Crippen LogP contribution is 2.24. The summed E-state index contributed by atoms with van der Waals surface area (Å²) in [5.41, 5.74) is 0.273.